The summed E-state index contributed by atoms with van der Waals surface area (Å²) in [6.07, 6.45) is 5.34. The Hall–Kier alpha value is -3.35. The third-order valence-corrected chi connectivity index (χ3v) is 3.77. The Balaban J connectivity index is 1.45. The molecule has 0 fully saturated rings. The number of amides is 1. The minimum atomic E-state index is -0.198. The van der Waals surface area contributed by atoms with Gasteiger partial charge in [-0.2, -0.15) is 0 Å². The molecule has 0 aliphatic carbocycles. The van der Waals surface area contributed by atoms with Crippen LogP contribution in [-0.4, -0.2) is 29.5 Å². The Morgan fingerprint density at radius 3 is 2.58 bits per heavy atom. The Kier molecular flexibility index (Phi) is 5.82. The third kappa shape index (κ3) is 4.83. The van der Waals surface area contributed by atoms with E-state index in [0.29, 0.717) is 24.6 Å². The zero-order valence-corrected chi connectivity index (χ0v) is 14.4. The van der Waals surface area contributed by atoms with E-state index in [2.05, 4.69) is 20.6 Å². The minimum absolute atomic E-state index is 0.198. The van der Waals surface area contributed by atoms with Gasteiger partial charge in [-0.05, 0) is 36.2 Å². The number of carbonyl (C=O) groups is 1. The molecule has 0 spiro atoms. The lowest BCUT2D eigenvalue weighted by Crippen LogP contribution is -2.26. The molecule has 7 heteroatoms. The van der Waals surface area contributed by atoms with Crippen LogP contribution in [0.4, 0.5) is 5.95 Å². The second-order valence-electron chi connectivity index (χ2n) is 5.58. The highest BCUT2D eigenvalue weighted by Crippen LogP contribution is 2.11. The molecule has 26 heavy (non-hydrogen) atoms. The van der Waals surface area contributed by atoms with E-state index in [4.69, 9.17) is 9.15 Å². The van der Waals surface area contributed by atoms with Gasteiger partial charge in [0.15, 0.2) is 0 Å². The van der Waals surface area contributed by atoms with Crippen molar-refractivity contribution < 1.29 is 13.9 Å². The predicted molar refractivity (Wildman–Crippen MR) is 97.1 cm³/mol. The summed E-state index contributed by atoms with van der Waals surface area (Å²) in [6.45, 7) is 1.02. The Labute approximate surface area is 151 Å². The number of anilines is 1. The monoisotopic (exact) mass is 352 g/mol. The summed E-state index contributed by atoms with van der Waals surface area (Å²) in [5.74, 6) is 1.84. The number of benzene rings is 1. The molecule has 0 radical (unpaired) electrons. The van der Waals surface area contributed by atoms with Crippen molar-refractivity contribution in [2.24, 2.45) is 0 Å². The maximum atomic E-state index is 12.1. The normalized spacial score (nSPS) is 10.3. The summed E-state index contributed by atoms with van der Waals surface area (Å²) < 4.78 is 10.3. The molecule has 1 amide bonds. The highest BCUT2D eigenvalue weighted by Gasteiger charge is 2.07. The van der Waals surface area contributed by atoms with Gasteiger partial charge in [0.25, 0.3) is 5.91 Å². The average molecular weight is 352 g/mol. The molecule has 0 saturated carbocycles. The largest absolute Gasteiger partial charge is 0.497 e. The summed E-state index contributed by atoms with van der Waals surface area (Å²) in [5, 5.41) is 5.89. The summed E-state index contributed by atoms with van der Waals surface area (Å²) in [6, 6.07) is 11.4. The summed E-state index contributed by atoms with van der Waals surface area (Å²) in [7, 11) is 1.63. The molecular formula is C19H20N4O3. The number of nitrogens with one attached hydrogen (secondary N) is 2. The molecule has 1 aromatic carbocycles. The van der Waals surface area contributed by atoms with Crippen LogP contribution in [-0.2, 0) is 13.0 Å². The van der Waals surface area contributed by atoms with Gasteiger partial charge >= 0.3 is 0 Å². The van der Waals surface area contributed by atoms with Gasteiger partial charge in [-0.3, -0.25) is 4.79 Å². The molecule has 3 aromatic rings. The highest BCUT2D eigenvalue weighted by atomic mass is 16.5. The van der Waals surface area contributed by atoms with E-state index < -0.39 is 0 Å². The number of furan rings is 1. The van der Waals surface area contributed by atoms with E-state index >= 15 is 0 Å². The molecule has 2 aromatic heterocycles. The molecule has 2 N–H and O–H groups in total. The number of nitrogens with zero attached hydrogens (tertiary/aromatic N) is 2. The number of aromatic nitrogens is 2. The second-order valence-corrected chi connectivity index (χ2v) is 5.58. The fourth-order valence-corrected chi connectivity index (χ4v) is 2.33. The van der Waals surface area contributed by atoms with Gasteiger partial charge < -0.3 is 19.8 Å². The Morgan fingerprint density at radius 1 is 1.15 bits per heavy atom. The quantitative estimate of drug-likeness (QED) is 0.648. The Bertz CT molecular complexity index is 815. The van der Waals surface area contributed by atoms with Gasteiger partial charge in [0.05, 0.1) is 25.5 Å². The van der Waals surface area contributed by atoms with Gasteiger partial charge in [0.2, 0.25) is 5.95 Å². The number of hydrogen-bond donors (Lipinski definition) is 2. The molecule has 2 heterocycles. The molecule has 0 unspecified atom stereocenters. The van der Waals surface area contributed by atoms with Gasteiger partial charge in [0.1, 0.15) is 11.5 Å². The van der Waals surface area contributed by atoms with Crippen LogP contribution in [0.3, 0.4) is 0 Å². The zero-order valence-electron chi connectivity index (χ0n) is 14.4. The fourth-order valence-electron chi connectivity index (χ4n) is 2.33. The molecule has 3 rings (SSSR count). The lowest BCUT2D eigenvalue weighted by atomic mass is 10.1. The van der Waals surface area contributed by atoms with E-state index in [1.807, 2.05) is 36.4 Å². The van der Waals surface area contributed by atoms with Gasteiger partial charge in [-0.25, -0.2) is 9.97 Å². The first-order chi connectivity index (χ1) is 12.7. The standard InChI is InChI=1S/C19H20N4O3/c1-25-16-6-4-14(5-7-16)8-9-20-18(24)15-11-21-19(22-12-15)23-13-17-3-2-10-26-17/h2-7,10-12H,8-9,13H2,1H3,(H,20,24)(H,21,22,23). The molecule has 0 atom stereocenters. The average Bonchev–Trinajstić information content (AvgIpc) is 3.21. The topological polar surface area (TPSA) is 89.3 Å². The number of rotatable bonds is 8. The molecule has 134 valence electrons. The molecule has 0 bridgehead atoms. The third-order valence-electron chi connectivity index (χ3n) is 3.77. The van der Waals surface area contributed by atoms with Crippen molar-refractivity contribution in [1.29, 1.82) is 0 Å². The number of hydrogen-bond acceptors (Lipinski definition) is 6. The van der Waals surface area contributed by atoms with E-state index in [-0.39, 0.29) is 5.91 Å². The van der Waals surface area contributed by atoms with Crippen molar-refractivity contribution >= 4 is 11.9 Å². The van der Waals surface area contributed by atoms with Crippen LogP contribution < -0.4 is 15.4 Å². The molecule has 7 nitrogen and oxygen atoms in total. The molecule has 0 aliphatic rings. The van der Waals surface area contributed by atoms with E-state index in [1.54, 1.807) is 13.4 Å². The first kappa shape index (κ1) is 17.5. The first-order valence-electron chi connectivity index (χ1n) is 8.24. The van der Waals surface area contributed by atoms with Crippen molar-refractivity contribution in [3.63, 3.8) is 0 Å². The molecular weight excluding hydrogens is 332 g/mol. The van der Waals surface area contributed by atoms with Gasteiger partial charge in [-0.15, -0.1) is 0 Å². The second kappa shape index (κ2) is 8.66. The van der Waals surface area contributed by atoms with Crippen molar-refractivity contribution in [2.75, 3.05) is 19.0 Å². The van der Waals surface area contributed by atoms with Gasteiger partial charge in [0, 0.05) is 18.9 Å². The van der Waals surface area contributed by atoms with Crippen LogP contribution in [0, 0.1) is 0 Å². The maximum absolute atomic E-state index is 12.1. The van der Waals surface area contributed by atoms with Crippen LogP contribution in [0.1, 0.15) is 21.7 Å². The predicted octanol–water partition coefficient (Wildman–Crippen LogP) is 2.66. The number of carbonyl (C=O) groups excluding carboxylic acids is 1. The lowest BCUT2D eigenvalue weighted by molar-refractivity contribution is 0.0953. The zero-order chi connectivity index (χ0) is 18.2. The fraction of sp³-hybridized carbons (Fsp3) is 0.211. The van der Waals surface area contributed by atoms with E-state index in [0.717, 1.165) is 23.5 Å². The van der Waals surface area contributed by atoms with Crippen LogP contribution in [0.2, 0.25) is 0 Å². The molecule has 0 aliphatic heterocycles. The number of ether oxygens (including phenoxy) is 1. The smallest absolute Gasteiger partial charge is 0.254 e. The Morgan fingerprint density at radius 2 is 1.92 bits per heavy atom. The lowest BCUT2D eigenvalue weighted by Gasteiger charge is -2.07. The van der Waals surface area contributed by atoms with E-state index in [9.17, 15) is 4.79 Å². The summed E-state index contributed by atoms with van der Waals surface area (Å²) in [5.41, 5.74) is 1.54. The van der Waals surface area contributed by atoms with Crippen molar-refractivity contribution in [2.45, 2.75) is 13.0 Å². The van der Waals surface area contributed by atoms with Gasteiger partial charge in [-0.1, -0.05) is 12.1 Å². The van der Waals surface area contributed by atoms with Crippen molar-refractivity contribution in [1.82, 2.24) is 15.3 Å². The van der Waals surface area contributed by atoms with Crippen LogP contribution in [0.15, 0.2) is 59.5 Å². The number of methoxy groups -OCH3 is 1. The summed E-state index contributed by atoms with van der Waals surface area (Å²) >= 11 is 0. The maximum Gasteiger partial charge on any atom is 0.254 e. The van der Waals surface area contributed by atoms with Crippen LogP contribution in [0.5, 0.6) is 5.75 Å². The minimum Gasteiger partial charge on any atom is -0.497 e. The van der Waals surface area contributed by atoms with E-state index in [1.165, 1.54) is 12.4 Å². The van der Waals surface area contributed by atoms with Crippen molar-refractivity contribution in [3.05, 3.63) is 71.9 Å². The van der Waals surface area contributed by atoms with Crippen molar-refractivity contribution in [3.8, 4) is 5.75 Å². The summed E-state index contributed by atoms with van der Waals surface area (Å²) in [4.78, 5) is 20.4. The molecule has 0 saturated heterocycles. The van der Waals surface area contributed by atoms with Crippen LogP contribution >= 0.6 is 0 Å². The first-order valence-corrected chi connectivity index (χ1v) is 8.24. The van der Waals surface area contributed by atoms with Crippen LogP contribution in [0.25, 0.3) is 0 Å². The highest BCUT2D eigenvalue weighted by molar-refractivity contribution is 5.93. The SMILES string of the molecule is COc1ccc(CCNC(=O)c2cnc(NCc3ccco3)nc2)cc1.